The van der Waals surface area contributed by atoms with Gasteiger partial charge in [0.25, 0.3) is 5.91 Å². The van der Waals surface area contributed by atoms with Crippen molar-refractivity contribution in [1.82, 2.24) is 24.0 Å². The summed E-state index contributed by atoms with van der Waals surface area (Å²) in [5.74, 6) is -0.715. The number of aryl methyl sites for hydroxylation is 2. The van der Waals surface area contributed by atoms with Crippen LogP contribution >= 0.6 is 0 Å². The van der Waals surface area contributed by atoms with E-state index in [1.54, 1.807) is 18.4 Å². The van der Waals surface area contributed by atoms with Crippen LogP contribution < -0.4 is 11.0 Å². The molecule has 1 aliphatic rings. The Morgan fingerprint density at radius 3 is 2.68 bits per heavy atom. The molecule has 1 amide bonds. The number of benzene rings is 1. The highest BCUT2D eigenvalue weighted by Crippen LogP contribution is 2.19. The Morgan fingerprint density at radius 1 is 1.26 bits per heavy atom. The van der Waals surface area contributed by atoms with Gasteiger partial charge in [-0.25, -0.2) is 22.3 Å². The number of nitrogens with zero attached hydrogens (tertiary/aromatic N) is 4. The Kier molecular flexibility index (Phi) is 7.26. The molecule has 0 aliphatic carbocycles. The second-order valence-corrected chi connectivity index (χ2v) is 9.31. The van der Waals surface area contributed by atoms with E-state index in [2.05, 4.69) is 10.4 Å². The van der Waals surface area contributed by atoms with Crippen molar-refractivity contribution in [3.05, 3.63) is 45.9 Å². The largest absolute Gasteiger partial charge is 0.352 e. The third kappa shape index (κ3) is 4.87. The zero-order valence-corrected chi connectivity index (χ0v) is 18.6. The molecule has 0 saturated heterocycles. The van der Waals surface area contributed by atoms with Crippen LogP contribution in [0.15, 0.2) is 27.9 Å². The van der Waals surface area contributed by atoms with Crippen LogP contribution in [0.4, 0.5) is 4.39 Å². The molecule has 2 heterocycles. The lowest BCUT2D eigenvalue weighted by atomic mass is 10.2. The van der Waals surface area contributed by atoms with Gasteiger partial charge < -0.3 is 5.32 Å². The second-order valence-electron chi connectivity index (χ2n) is 7.37. The van der Waals surface area contributed by atoms with E-state index in [4.69, 9.17) is 0 Å². The quantitative estimate of drug-likeness (QED) is 0.577. The lowest BCUT2D eigenvalue weighted by Crippen LogP contribution is -2.31. The number of hydrogen-bond acceptors (Lipinski definition) is 5. The topological polar surface area (TPSA) is 106 Å². The molecule has 1 N–H and O–H groups in total. The molecular weight excluding hydrogens is 425 g/mol. The maximum Gasteiger partial charge on any atom is 0.345 e. The van der Waals surface area contributed by atoms with E-state index in [1.165, 1.54) is 8.99 Å². The predicted molar refractivity (Wildman–Crippen MR) is 113 cm³/mol. The number of halogens is 1. The molecule has 2 aromatic rings. The summed E-state index contributed by atoms with van der Waals surface area (Å²) < 4.78 is 43.8. The highest BCUT2D eigenvalue weighted by atomic mass is 32.2. The molecule has 31 heavy (non-hydrogen) atoms. The van der Waals surface area contributed by atoms with Gasteiger partial charge in [-0.3, -0.25) is 9.36 Å². The zero-order valence-electron chi connectivity index (χ0n) is 17.8. The first-order valence-corrected chi connectivity index (χ1v) is 12.0. The smallest absolute Gasteiger partial charge is 0.345 e. The van der Waals surface area contributed by atoms with Gasteiger partial charge in [-0.1, -0.05) is 13.8 Å². The highest BCUT2D eigenvalue weighted by molar-refractivity contribution is 7.89. The van der Waals surface area contributed by atoms with Crippen molar-refractivity contribution >= 4 is 15.9 Å². The van der Waals surface area contributed by atoms with Crippen LogP contribution in [0.1, 0.15) is 49.3 Å². The fourth-order valence-electron chi connectivity index (χ4n) is 3.67. The summed E-state index contributed by atoms with van der Waals surface area (Å²) in [6.07, 6.45) is 3.19. The first-order chi connectivity index (χ1) is 14.8. The van der Waals surface area contributed by atoms with Crippen LogP contribution in [0.25, 0.3) is 0 Å². The molecule has 0 fully saturated rings. The lowest BCUT2D eigenvalue weighted by molar-refractivity contribution is 0.0948. The number of amides is 1. The Hall–Kier alpha value is -2.53. The zero-order chi connectivity index (χ0) is 22.6. The monoisotopic (exact) mass is 453 g/mol. The molecule has 0 radical (unpaired) electrons. The minimum atomic E-state index is -3.80. The number of nitrogens with one attached hydrogen (secondary N) is 1. The Balaban J connectivity index is 1.63. The minimum absolute atomic E-state index is 0.127. The molecular formula is C20H28FN5O4S. The second kappa shape index (κ2) is 9.73. The Labute approximate surface area is 180 Å². The van der Waals surface area contributed by atoms with Crippen molar-refractivity contribution in [2.24, 2.45) is 0 Å². The molecule has 11 heteroatoms. The van der Waals surface area contributed by atoms with Crippen LogP contribution in [0.3, 0.4) is 0 Å². The molecule has 9 nitrogen and oxygen atoms in total. The van der Waals surface area contributed by atoms with Crippen LogP contribution in [0, 0.1) is 5.82 Å². The van der Waals surface area contributed by atoms with Crippen LogP contribution in [0.5, 0.6) is 0 Å². The SMILES string of the molecule is CCN(CC)S(=O)(=O)c1ccc(F)c(C(=O)NCCCn2nc3n(c2=O)CCCC3)c1. The number of carbonyl (C=O) groups is 1. The minimum Gasteiger partial charge on any atom is -0.352 e. The summed E-state index contributed by atoms with van der Waals surface area (Å²) in [4.78, 5) is 24.6. The van der Waals surface area contributed by atoms with Gasteiger partial charge >= 0.3 is 5.69 Å². The number of sulfonamides is 1. The number of aromatic nitrogens is 3. The van der Waals surface area contributed by atoms with Gasteiger partial charge in [-0.15, -0.1) is 0 Å². The molecule has 3 rings (SSSR count). The van der Waals surface area contributed by atoms with E-state index in [1.807, 2.05) is 0 Å². The summed E-state index contributed by atoms with van der Waals surface area (Å²) in [6, 6.07) is 3.21. The van der Waals surface area contributed by atoms with E-state index >= 15 is 0 Å². The van der Waals surface area contributed by atoms with Crippen molar-refractivity contribution in [3.63, 3.8) is 0 Å². The molecule has 1 aromatic heterocycles. The summed E-state index contributed by atoms with van der Waals surface area (Å²) in [5.41, 5.74) is -0.482. The van der Waals surface area contributed by atoms with Gasteiger partial charge in [0.05, 0.1) is 10.5 Å². The molecule has 1 aliphatic heterocycles. The summed E-state index contributed by atoms with van der Waals surface area (Å²) in [5, 5.41) is 6.92. The van der Waals surface area contributed by atoms with Gasteiger partial charge in [0.1, 0.15) is 11.6 Å². The first-order valence-electron chi connectivity index (χ1n) is 10.5. The highest BCUT2D eigenvalue weighted by Gasteiger charge is 2.24. The maximum atomic E-state index is 14.2. The van der Waals surface area contributed by atoms with Crippen molar-refractivity contribution in [2.45, 2.75) is 57.5 Å². The number of fused-ring (bicyclic) bond motifs is 1. The van der Waals surface area contributed by atoms with E-state index in [-0.39, 0.29) is 35.8 Å². The van der Waals surface area contributed by atoms with Gasteiger partial charge in [0, 0.05) is 39.1 Å². The third-order valence-corrected chi connectivity index (χ3v) is 7.44. The normalized spacial score (nSPS) is 13.9. The molecule has 170 valence electrons. The number of rotatable bonds is 9. The van der Waals surface area contributed by atoms with Crippen LogP contribution in [0.2, 0.25) is 0 Å². The molecule has 0 bridgehead atoms. The van der Waals surface area contributed by atoms with Gasteiger partial charge in [0.2, 0.25) is 10.0 Å². The third-order valence-electron chi connectivity index (χ3n) is 5.39. The molecule has 0 spiro atoms. The van der Waals surface area contributed by atoms with Crippen LogP contribution in [-0.4, -0.2) is 52.6 Å². The molecule has 1 aromatic carbocycles. The molecule has 0 saturated carbocycles. The predicted octanol–water partition coefficient (Wildman–Crippen LogP) is 1.37. The molecule has 0 unspecified atom stereocenters. The fraction of sp³-hybridized carbons (Fsp3) is 0.550. The van der Waals surface area contributed by atoms with E-state index in [0.29, 0.717) is 19.5 Å². The van der Waals surface area contributed by atoms with Crippen molar-refractivity contribution in [1.29, 1.82) is 0 Å². The lowest BCUT2D eigenvalue weighted by Gasteiger charge is -2.19. The molecule has 0 atom stereocenters. The summed E-state index contributed by atoms with van der Waals surface area (Å²) in [6.45, 7) is 5.16. The van der Waals surface area contributed by atoms with E-state index in [9.17, 15) is 22.4 Å². The standard InChI is InChI=1S/C20H28FN5O4S/c1-3-24(4-2)31(29,30)15-9-10-17(21)16(14-15)19(27)22-11-7-13-26-20(28)25-12-6-5-8-18(25)23-26/h9-10,14H,3-8,11-13H2,1-2H3,(H,22,27). The Morgan fingerprint density at radius 2 is 2.00 bits per heavy atom. The van der Waals surface area contributed by atoms with Gasteiger partial charge in [-0.05, 0) is 37.5 Å². The van der Waals surface area contributed by atoms with E-state index < -0.39 is 21.7 Å². The Bertz CT molecular complexity index is 1110. The average Bonchev–Trinajstić information content (AvgIpc) is 3.07. The first kappa shape index (κ1) is 23.1. The number of carbonyl (C=O) groups excluding carboxylic acids is 1. The number of hydrogen-bond donors (Lipinski definition) is 1. The van der Waals surface area contributed by atoms with Gasteiger partial charge in [0.15, 0.2) is 0 Å². The van der Waals surface area contributed by atoms with Gasteiger partial charge in [-0.2, -0.15) is 9.40 Å². The van der Waals surface area contributed by atoms with Crippen molar-refractivity contribution < 1.29 is 17.6 Å². The summed E-state index contributed by atoms with van der Waals surface area (Å²) >= 11 is 0. The maximum absolute atomic E-state index is 14.2. The van der Waals surface area contributed by atoms with Crippen LogP contribution in [-0.2, 0) is 29.5 Å². The van der Waals surface area contributed by atoms with Crippen molar-refractivity contribution in [2.75, 3.05) is 19.6 Å². The average molecular weight is 454 g/mol. The fourth-order valence-corrected chi connectivity index (χ4v) is 5.16. The van der Waals surface area contributed by atoms with E-state index in [0.717, 1.165) is 43.3 Å². The summed E-state index contributed by atoms with van der Waals surface area (Å²) in [7, 11) is -3.80. The van der Waals surface area contributed by atoms with Crippen molar-refractivity contribution in [3.8, 4) is 0 Å².